The molecular weight excluding hydrogens is 242 g/mol. The molecule has 0 aromatic heterocycles. The SMILES string of the molecule is CCSCCC(CN)N1CCN(C(C)CC)CC1. The summed E-state index contributed by atoms with van der Waals surface area (Å²) in [7, 11) is 0. The molecule has 0 bridgehead atoms. The van der Waals surface area contributed by atoms with Gasteiger partial charge in [0, 0.05) is 44.8 Å². The number of hydrogen-bond acceptors (Lipinski definition) is 4. The van der Waals surface area contributed by atoms with Gasteiger partial charge in [-0.2, -0.15) is 11.8 Å². The molecule has 1 aliphatic rings. The molecule has 0 saturated carbocycles. The number of rotatable bonds is 8. The summed E-state index contributed by atoms with van der Waals surface area (Å²) in [5, 5.41) is 0. The van der Waals surface area contributed by atoms with Crippen LogP contribution in [0, 0.1) is 0 Å². The highest BCUT2D eigenvalue weighted by molar-refractivity contribution is 7.99. The minimum atomic E-state index is 0.600. The summed E-state index contributed by atoms with van der Waals surface area (Å²) in [5.41, 5.74) is 5.94. The Hall–Kier alpha value is 0.230. The van der Waals surface area contributed by atoms with Crippen molar-refractivity contribution in [3.63, 3.8) is 0 Å². The van der Waals surface area contributed by atoms with E-state index in [-0.39, 0.29) is 0 Å². The van der Waals surface area contributed by atoms with E-state index in [1.807, 2.05) is 11.8 Å². The standard InChI is InChI=1S/C14H31N3S/c1-4-13(3)16-7-9-17(10-8-16)14(12-15)6-11-18-5-2/h13-14H,4-12,15H2,1-3H3. The molecule has 1 heterocycles. The average molecular weight is 273 g/mol. The maximum atomic E-state index is 5.94. The number of thioether (sulfide) groups is 1. The highest BCUT2D eigenvalue weighted by atomic mass is 32.2. The molecule has 0 aromatic rings. The van der Waals surface area contributed by atoms with Gasteiger partial charge >= 0.3 is 0 Å². The predicted octanol–water partition coefficient (Wildman–Crippen LogP) is 1.87. The molecule has 4 heteroatoms. The first kappa shape index (κ1) is 16.3. The van der Waals surface area contributed by atoms with Crippen LogP contribution in [0.15, 0.2) is 0 Å². The molecule has 18 heavy (non-hydrogen) atoms. The molecule has 2 N–H and O–H groups in total. The first-order valence-corrected chi connectivity index (χ1v) is 8.64. The van der Waals surface area contributed by atoms with E-state index >= 15 is 0 Å². The van der Waals surface area contributed by atoms with E-state index in [0.717, 1.165) is 12.6 Å². The summed E-state index contributed by atoms with van der Waals surface area (Å²) in [6.07, 6.45) is 2.51. The van der Waals surface area contributed by atoms with Crippen LogP contribution in [0.25, 0.3) is 0 Å². The van der Waals surface area contributed by atoms with Crippen LogP contribution in [0.1, 0.15) is 33.6 Å². The van der Waals surface area contributed by atoms with Gasteiger partial charge in [-0.05, 0) is 31.3 Å². The summed E-state index contributed by atoms with van der Waals surface area (Å²) >= 11 is 2.03. The van der Waals surface area contributed by atoms with Gasteiger partial charge in [-0.1, -0.05) is 13.8 Å². The Morgan fingerprint density at radius 2 is 1.72 bits per heavy atom. The van der Waals surface area contributed by atoms with Crippen LogP contribution < -0.4 is 5.73 Å². The zero-order valence-electron chi connectivity index (χ0n) is 12.4. The predicted molar refractivity (Wildman–Crippen MR) is 83.4 cm³/mol. The Balaban J connectivity index is 2.30. The molecule has 0 aromatic carbocycles. The second kappa shape index (κ2) is 9.18. The van der Waals surface area contributed by atoms with Crippen LogP contribution in [-0.2, 0) is 0 Å². The fourth-order valence-electron chi connectivity index (χ4n) is 2.61. The summed E-state index contributed by atoms with van der Waals surface area (Å²) in [6.45, 7) is 12.5. The Labute approximate surface area is 117 Å². The van der Waals surface area contributed by atoms with E-state index in [9.17, 15) is 0 Å². The quantitative estimate of drug-likeness (QED) is 0.684. The molecular formula is C14H31N3S. The van der Waals surface area contributed by atoms with Gasteiger partial charge in [0.15, 0.2) is 0 Å². The minimum Gasteiger partial charge on any atom is -0.329 e. The second-order valence-corrected chi connectivity index (χ2v) is 6.60. The molecule has 1 aliphatic heterocycles. The van der Waals surface area contributed by atoms with Crippen molar-refractivity contribution in [3.8, 4) is 0 Å². The van der Waals surface area contributed by atoms with Gasteiger partial charge in [0.25, 0.3) is 0 Å². The molecule has 1 rings (SSSR count). The van der Waals surface area contributed by atoms with Gasteiger partial charge in [0.1, 0.15) is 0 Å². The van der Waals surface area contributed by atoms with Gasteiger partial charge in [0.05, 0.1) is 0 Å². The Bertz CT molecular complexity index is 205. The fraction of sp³-hybridized carbons (Fsp3) is 1.00. The fourth-order valence-corrected chi connectivity index (χ4v) is 3.34. The summed E-state index contributed by atoms with van der Waals surface area (Å²) in [6, 6.07) is 1.34. The monoisotopic (exact) mass is 273 g/mol. The molecule has 1 saturated heterocycles. The zero-order chi connectivity index (χ0) is 13.4. The third kappa shape index (κ3) is 5.08. The van der Waals surface area contributed by atoms with Crippen molar-refractivity contribution < 1.29 is 0 Å². The molecule has 1 fully saturated rings. The topological polar surface area (TPSA) is 32.5 Å². The molecule has 3 nitrogen and oxygen atoms in total. The molecule has 2 unspecified atom stereocenters. The largest absolute Gasteiger partial charge is 0.329 e. The maximum absolute atomic E-state index is 5.94. The molecule has 0 radical (unpaired) electrons. The van der Waals surface area contributed by atoms with Gasteiger partial charge in [0.2, 0.25) is 0 Å². The normalized spacial score (nSPS) is 22.0. The lowest BCUT2D eigenvalue weighted by atomic mass is 10.1. The van der Waals surface area contributed by atoms with Crippen molar-refractivity contribution in [1.82, 2.24) is 9.80 Å². The van der Waals surface area contributed by atoms with Crippen molar-refractivity contribution in [2.75, 3.05) is 44.2 Å². The third-order valence-electron chi connectivity index (χ3n) is 4.15. The van der Waals surface area contributed by atoms with Crippen molar-refractivity contribution in [2.24, 2.45) is 5.73 Å². The third-order valence-corrected chi connectivity index (χ3v) is 5.08. The van der Waals surface area contributed by atoms with E-state index in [0.29, 0.717) is 6.04 Å². The second-order valence-electron chi connectivity index (χ2n) is 5.20. The summed E-state index contributed by atoms with van der Waals surface area (Å²) in [5.74, 6) is 2.48. The lowest BCUT2D eigenvalue weighted by Crippen LogP contribution is -2.54. The van der Waals surface area contributed by atoms with E-state index in [2.05, 4.69) is 30.6 Å². The van der Waals surface area contributed by atoms with Gasteiger partial charge in [-0.3, -0.25) is 9.80 Å². The summed E-state index contributed by atoms with van der Waals surface area (Å²) in [4.78, 5) is 5.22. The molecule has 0 aliphatic carbocycles. The van der Waals surface area contributed by atoms with Gasteiger partial charge < -0.3 is 5.73 Å². The molecule has 0 amide bonds. The molecule has 2 atom stereocenters. The average Bonchev–Trinajstić information content (AvgIpc) is 2.43. The first-order valence-electron chi connectivity index (χ1n) is 7.48. The van der Waals surface area contributed by atoms with Crippen molar-refractivity contribution in [2.45, 2.75) is 45.7 Å². The van der Waals surface area contributed by atoms with Crippen LogP contribution in [0.4, 0.5) is 0 Å². The highest BCUT2D eigenvalue weighted by Crippen LogP contribution is 2.14. The van der Waals surface area contributed by atoms with Crippen molar-refractivity contribution >= 4 is 11.8 Å². The number of nitrogens with two attached hydrogens (primary N) is 1. The highest BCUT2D eigenvalue weighted by Gasteiger charge is 2.24. The zero-order valence-corrected chi connectivity index (χ0v) is 13.2. The van der Waals surface area contributed by atoms with E-state index in [1.165, 1.54) is 50.5 Å². The minimum absolute atomic E-state index is 0.600. The van der Waals surface area contributed by atoms with E-state index in [1.54, 1.807) is 0 Å². The van der Waals surface area contributed by atoms with Crippen LogP contribution in [0.2, 0.25) is 0 Å². The van der Waals surface area contributed by atoms with E-state index in [4.69, 9.17) is 5.73 Å². The Morgan fingerprint density at radius 1 is 1.11 bits per heavy atom. The Kier molecular flexibility index (Phi) is 8.31. The lowest BCUT2D eigenvalue weighted by Gasteiger charge is -2.41. The summed E-state index contributed by atoms with van der Waals surface area (Å²) < 4.78 is 0. The smallest absolute Gasteiger partial charge is 0.0227 e. The maximum Gasteiger partial charge on any atom is 0.0227 e. The van der Waals surface area contributed by atoms with E-state index < -0.39 is 0 Å². The number of piperazine rings is 1. The number of nitrogens with zero attached hydrogens (tertiary/aromatic N) is 2. The number of hydrogen-bond donors (Lipinski definition) is 1. The van der Waals surface area contributed by atoms with Crippen LogP contribution >= 0.6 is 11.8 Å². The van der Waals surface area contributed by atoms with Crippen LogP contribution in [0.5, 0.6) is 0 Å². The first-order chi connectivity index (χ1) is 8.72. The van der Waals surface area contributed by atoms with Gasteiger partial charge in [-0.25, -0.2) is 0 Å². The molecule has 0 spiro atoms. The van der Waals surface area contributed by atoms with Crippen LogP contribution in [0.3, 0.4) is 0 Å². The van der Waals surface area contributed by atoms with Gasteiger partial charge in [-0.15, -0.1) is 0 Å². The Morgan fingerprint density at radius 3 is 2.22 bits per heavy atom. The van der Waals surface area contributed by atoms with Crippen molar-refractivity contribution in [3.05, 3.63) is 0 Å². The van der Waals surface area contributed by atoms with Crippen molar-refractivity contribution in [1.29, 1.82) is 0 Å². The molecule has 108 valence electrons. The lowest BCUT2D eigenvalue weighted by molar-refractivity contribution is 0.0737. The van der Waals surface area contributed by atoms with Crippen LogP contribution in [-0.4, -0.2) is 66.1 Å².